The van der Waals surface area contributed by atoms with Crippen molar-refractivity contribution in [1.82, 2.24) is 0 Å². The normalized spacial score (nSPS) is 14.7. The number of hydrogen-bond donors (Lipinski definition) is 0. The third kappa shape index (κ3) is 5.60. The molecule has 0 unspecified atom stereocenters. The first-order chi connectivity index (χ1) is 10.6. The van der Waals surface area contributed by atoms with Gasteiger partial charge in [0, 0.05) is 0 Å². The summed E-state index contributed by atoms with van der Waals surface area (Å²) >= 11 is 0. The Kier molecular flexibility index (Phi) is 6.13. The molecule has 0 fully saturated rings. The molecule has 0 heterocycles. The standard InChI is InChI=1S/C19H24OSi2/c1-21(2)20-22(3,16-14-18-10-6-4-7-11-18)17-15-19-12-8-5-9-13-19/h4-17,21H,1-3H3. The van der Waals surface area contributed by atoms with E-state index in [1.165, 1.54) is 11.1 Å². The summed E-state index contributed by atoms with van der Waals surface area (Å²) in [5, 5.41) is 0. The Bertz CT molecular complexity index is 569. The molecule has 0 amide bonds. The van der Waals surface area contributed by atoms with E-state index in [9.17, 15) is 0 Å². The third-order valence-corrected chi connectivity index (χ3v) is 8.88. The number of rotatable bonds is 6. The van der Waals surface area contributed by atoms with Gasteiger partial charge in [-0.2, -0.15) is 0 Å². The molecule has 22 heavy (non-hydrogen) atoms. The number of hydrogen-bond acceptors (Lipinski definition) is 1. The lowest BCUT2D eigenvalue weighted by molar-refractivity contribution is 0.596. The Balaban J connectivity index is 2.20. The van der Waals surface area contributed by atoms with Crippen molar-refractivity contribution in [3.8, 4) is 0 Å². The molecule has 0 aliphatic carbocycles. The third-order valence-electron chi connectivity index (χ3n) is 3.30. The van der Waals surface area contributed by atoms with Crippen molar-refractivity contribution in [3.63, 3.8) is 0 Å². The molecular weight excluding hydrogens is 300 g/mol. The van der Waals surface area contributed by atoms with Crippen LogP contribution in [-0.4, -0.2) is 17.4 Å². The Hall–Kier alpha value is -1.69. The molecular formula is C19H24OSi2. The summed E-state index contributed by atoms with van der Waals surface area (Å²) in [6, 6.07) is 20.8. The van der Waals surface area contributed by atoms with Gasteiger partial charge in [0.25, 0.3) is 0 Å². The smallest absolute Gasteiger partial charge is 0.227 e. The minimum atomic E-state index is -1.98. The summed E-state index contributed by atoms with van der Waals surface area (Å²) in [6.07, 6.45) is 4.39. The Labute approximate surface area is 136 Å². The molecule has 2 aromatic carbocycles. The molecule has 0 N–H and O–H groups in total. The predicted molar refractivity (Wildman–Crippen MR) is 103 cm³/mol. The predicted octanol–water partition coefficient (Wildman–Crippen LogP) is 5.07. The average Bonchev–Trinajstić information content (AvgIpc) is 2.53. The second kappa shape index (κ2) is 8.08. The summed E-state index contributed by atoms with van der Waals surface area (Å²) in [5.74, 6) is 0. The zero-order valence-electron chi connectivity index (χ0n) is 13.6. The fourth-order valence-corrected chi connectivity index (χ4v) is 8.14. The molecule has 0 atom stereocenters. The highest BCUT2D eigenvalue weighted by molar-refractivity contribution is 6.87. The van der Waals surface area contributed by atoms with Crippen LogP contribution in [0.3, 0.4) is 0 Å². The van der Waals surface area contributed by atoms with Gasteiger partial charge in [0.1, 0.15) is 0 Å². The lowest BCUT2D eigenvalue weighted by atomic mass is 10.2. The van der Waals surface area contributed by atoms with Crippen molar-refractivity contribution in [2.75, 3.05) is 0 Å². The molecule has 1 nitrogen and oxygen atoms in total. The summed E-state index contributed by atoms with van der Waals surface area (Å²) < 4.78 is 6.39. The van der Waals surface area contributed by atoms with Crippen molar-refractivity contribution in [2.24, 2.45) is 0 Å². The summed E-state index contributed by atoms with van der Waals surface area (Å²) in [6.45, 7) is 6.73. The molecule has 0 aliphatic rings. The van der Waals surface area contributed by atoms with Gasteiger partial charge in [0.05, 0.1) is 0 Å². The topological polar surface area (TPSA) is 9.23 Å². The van der Waals surface area contributed by atoms with E-state index in [1.54, 1.807) is 0 Å². The summed E-state index contributed by atoms with van der Waals surface area (Å²) in [7, 11) is -3.06. The van der Waals surface area contributed by atoms with Crippen molar-refractivity contribution in [1.29, 1.82) is 0 Å². The van der Waals surface area contributed by atoms with Crippen molar-refractivity contribution >= 4 is 29.5 Å². The van der Waals surface area contributed by atoms with E-state index in [4.69, 9.17) is 4.12 Å². The van der Waals surface area contributed by atoms with Crippen LogP contribution < -0.4 is 0 Å². The highest BCUT2D eigenvalue weighted by Crippen LogP contribution is 2.16. The Morgan fingerprint density at radius 1 is 0.773 bits per heavy atom. The van der Waals surface area contributed by atoms with Crippen LogP contribution in [0.1, 0.15) is 11.1 Å². The molecule has 0 spiro atoms. The Morgan fingerprint density at radius 3 is 1.55 bits per heavy atom. The van der Waals surface area contributed by atoms with Crippen molar-refractivity contribution in [2.45, 2.75) is 19.6 Å². The minimum Gasteiger partial charge on any atom is -0.452 e. The first-order valence-corrected chi connectivity index (χ1v) is 13.1. The SMILES string of the molecule is C[SiH](C)O[Si](C)(C=Cc1ccccc1)C=Cc1ccccc1. The zero-order chi connectivity index (χ0) is 15.8. The first-order valence-electron chi connectivity index (χ1n) is 7.74. The van der Waals surface area contributed by atoms with E-state index in [0.29, 0.717) is 0 Å². The lowest BCUT2D eigenvalue weighted by Crippen LogP contribution is -2.35. The van der Waals surface area contributed by atoms with Crippen LogP contribution in [0.5, 0.6) is 0 Å². The molecule has 0 radical (unpaired) electrons. The first kappa shape index (κ1) is 16.7. The van der Waals surface area contributed by atoms with Crippen molar-refractivity contribution in [3.05, 3.63) is 83.2 Å². The van der Waals surface area contributed by atoms with Crippen LogP contribution in [0, 0.1) is 0 Å². The van der Waals surface area contributed by atoms with E-state index >= 15 is 0 Å². The van der Waals surface area contributed by atoms with Crippen LogP contribution in [0.4, 0.5) is 0 Å². The van der Waals surface area contributed by atoms with Crippen LogP contribution in [0.25, 0.3) is 12.2 Å². The van der Waals surface area contributed by atoms with Gasteiger partial charge in [-0.1, -0.05) is 84.2 Å². The lowest BCUT2D eigenvalue weighted by Gasteiger charge is -2.23. The van der Waals surface area contributed by atoms with E-state index in [1.807, 2.05) is 12.1 Å². The average molecular weight is 325 g/mol. The van der Waals surface area contributed by atoms with Crippen LogP contribution in [0.15, 0.2) is 72.1 Å². The van der Waals surface area contributed by atoms with E-state index < -0.39 is 17.4 Å². The molecule has 3 heteroatoms. The fraction of sp³-hybridized carbons (Fsp3) is 0.158. The van der Waals surface area contributed by atoms with E-state index in [-0.39, 0.29) is 0 Å². The van der Waals surface area contributed by atoms with E-state index in [0.717, 1.165) is 0 Å². The largest absolute Gasteiger partial charge is 0.452 e. The van der Waals surface area contributed by atoms with Crippen molar-refractivity contribution < 1.29 is 4.12 Å². The molecule has 2 aromatic rings. The highest BCUT2D eigenvalue weighted by Gasteiger charge is 2.23. The summed E-state index contributed by atoms with van der Waals surface area (Å²) in [4.78, 5) is 0. The second-order valence-electron chi connectivity index (χ2n) is 5.84. The fourth-order valence-electron chi connectivity index (χ4n) is 2.29. The monoisotopic (exact) mass is 324 g/mol. The summed E-state index contributed by atoms with van der Waals surface area (Å²) in [5.41, 5.74) is 7.02. The van der Waals surface area contributed by atoms with Gasteiger partial charge in [-0.15, -0.1) is 0 Å². The maximum Gasteiger partial charge on any atom is 0.227 e. The van der Waals surface area contributed by atoms with Gasteiger partial charge in [-0.05, 0) is 30.8 Å². The minimum absolute atomic E-state index is 1.09. The zero-order valence-corrected chi connectivity index (χ0v) is 15.7. The maximum atomic E-state index is 6.39. The second-order valence-corrected chi connectivity index (χ2v) is 11.9. The van der Waals surface area contributed by atoms with Gasteiger partial charge in [0.2, 0.25) is 8.32 Å². The van der Waals surface area contributed by atoms with Gasteiger partial charge in [-0.25, -0.2) is 0 Å². The molecule has 2 rings (SSSR count). The maximum absolute atomic E-state index is 6.39. The van der Waals surface area contributed by atoms with Gasteiger partial charge >= 0.3 is 0 Å². The molecule has 114 valence electrons. The Morgan fingerprint density at radius 2 is 1.18 bits per heavy atom. The number of benzene rings is 2. The van der Waals surface area contributed by atoms with Crippen LogP contribution in [0.2, 0.25) is 19.6 Å². The molecule has 0 bridgehead atoms. The molecule has 0 aliphatic heterocycles. The van der Waals surface area contributed by atoms with Gasteiger partial charge in [0.15, 0.2) is 9.04 Å². The quantitative estimate of drug-likeness (QED) is 0.674. The molecule has 0 saturated heterocycles. The highest BCUT2D eigenvalue weighted by atomic mass is 28.4. The van der Waals surface area contributed by atoms with Gasteiger partial charge in [-0.3, -0.25) is 0 Å². The van der Waals surface area contributed by atoms with Gasteiger partial charge < -0.3 is 4.12 Å². The molecule has 0 saturated carbocycles. The van der Waals surface area contributed by atoms with Crippen LogP contribution in [-0.2, 0) is 4.12 Å². The van der Waals surface area contributed by atoms with E-state index in [2.05, 4.69) is 91.7 Å². The molecule has 0 aromatic heterocycles. The van der Waals surface area contributed by atoms with Crippen LogP contribution >= 0.6 is 0 Å².